The van der Waals surface area contributed by atoms with Crippen molar-refractivity contribution in [2.75, 3.05) is 6.54 Å². The number of unbranched alkanes of at least 4 members (excludes halogenated alkanes) is 2. The van der Waals surface area contributed by atoms with Crippen LogP contribution in [0.3, 0.4) is 0 Å². The average Bonchev–Trinajstić information content (AvgIpc) is 2.76. The van der Waals surface area contributed by atoms with Crippen LogP contribution in [0.25, 0.3) is 0 Å². The molecule has 0 radical (unpaired) electrons. The minimum Gasteiger partial charge on any atom is -0.480 e. The highest BCUT2D eigenvalue weighted by Crippen LogP contribution is 2.08. The van der Waals surface area contributed by atoms with Gasteiger partial charge in [-0.1, -0.05) is 54.4 Å². The molecule has 2 aromatic rings. The summed E-state index contributed by atoms with van der Waals surface area (Å²) < 4.78 is 5.11. The highest BCUT2D eigenvalue weighted by Gasteiger charge is 2.20. The van der Waals surface area contributed by atoms with Gasteiger partial charge in [0.15, 0.2) is 0 Å². The van der Waals surface area contributed by atoms with Gasteiger partial charge in [-0.3, -0.25) is 4.79 Å². The fraction of sp³-hybridized carbons (Fsp3) is 0.364. The van der Waals surface area contributed by atoms with Crippen molar-refractivity contribution in [2.45, 2.75) is 44.8 Å². The Morgan fingerprint density at radius 1 is 1.03 bits per heavy atom. The summed E-state index contributed by atoms with van der Waals surface area (Å²) in [6.07, 6.45) is 3.32. The van der Waals surface area contributed by atoms with Gasteiger partial charge in [0, 0.05) is 25.6 Å². The van der Waals surface area contributed by atoms with E-state index in [-0.39, 0.29) is 25.4 Å². The fourth-order valence-corrected chi connectivity index (χ4v) is 2.89. The van der Waals surface area contributed by atoms with E-state index in [9.17, 15) is 19.5 Å². The number of nitrogens with one attached hydrogen (secondary N) is 2. The number of carboxylic acids is 1. The summed E-state index contributed by atoms with van der Waals surface area (Å²) in [5.41, 5.74) is 1.58. The molecule has 0 spiro atoms. The first-order chi connectivity index (χ1) is 14.9. The molecule has 1 aromatic heterocycles. The maximum absolute atomic E-state index is 12.1. The summed E-state index contributed by atoms with van der Waals surface area (Å²) in [6, 6.07) is 11.6. The Morgan fingerprint density at radius 2 is 1.81 bits per heavy atom. The van der Waals surface area contributed by atoms with Gasteiger partial charge in [0.1, 0.15) is 17.8 Å². The van der Waals surface area contributed by atoms with Crippen LogP contribution in [0.4, 0.5) is 4.79 Å². The van der Waals surface area contributed by atoms with Crippen molar-refractivity contribution in [1.29, 1.82) is 0 Å². The lowest BCUT2D eigenvalue weighted by Gasteiger charge is -2.14. The summed E-state index contributed by atoms with van der Waals surface area (Å²) in [6.45, 7) is 0.653. The number of hydrogen-bond donors (Lipinski definition) is 3. The summed E-state index contributed by atoms with van der Waals surface area (Å²) >= 11 is 5.72. The number of halogens is 1. The number of carbonyl (C=O) groups is 3. The van der Waals surface area contributed by atoms with E-state index >= 15 is 0 Å². The first kappa shape index (κ1) is 24.1. The van der Waals surface area contributed by atoms with E-state index in [1.807, 2.05) is 30.3 Å². The van der Waals surface area contributed by atoms with E-state index < -0.39 is 18.1 Å². The highest BCUT2D eigenvalue weighted by atomic mass is 35.5. The SMILES string of the molecule is O=C(CCCCCNC(=O)OCc1ccccc1)N[C@@H](Cc1ccc(Cl)nc1)C(=O)O. The predicted octanol–water partition coefficient (Wildman–Crippen LogP) is 3.33. The molecule has 9 heteroatoms. The number of pyridine rings is 1. The van der Waals surface area contributed by atoms with Gasteiger partial charge in [-0.25, -0.2) is 14.6 Å². The number of hydrogen-bond acceptors (Lipinski definition) is 5. The van der Waals surface area contributed by atoms with Crippen LogP contribution < -0.4 is 10.6 Å². The molecule has 2 rings (SSSR count). The molecule has 0 fully saturated rings. The zero-order chi connectivity index (χ0) is 22.5. The number of carbonyl (C=O) groups excluding carboxylic acids is 2. The Bertz CT molecular complexity index is 846. The molecule has 0 aliphatic rings. The molecule has 0 unspecified atom stereocenters. The summed E-state index contributed by atoms with van der Waals surface area (Å²) in [5.74, 6) is -1.44. The largest absolute Gasteiger partial charge is 0.480 e. The summed E-state index contributed by atoms with van der Waals surface area (Å²) in [7, 11) is 0. The lowest BCUT2D eigenvalue weighted by atomic mass is 10.1. The van der Waals surface area contributed by atoms with E-state index in [1.54, 1.807) is 12.1 Å². The molecular weight excluding hydrogens is 422 g/mol. The smallest absolute Gasteiger partial charge is 0.407 e. The Morgan fingerprint density at radius 3 is 2.48 bits per heavy atom. The second kappa shape index (κ2) is 13.2. The highest BCUT2D eigenvalue weighted by molar-refractivity contribution is 6.29. The molecule has 0 saturated heterocycles. The van der Waals surface area contributed by atoms with Crippen LogP contribution in [0.5, 0.6) is 0 Å². The molecule has 3 N–H and O–H groups in total. The van der Waals surface area contributed by atoms with E-state index in [0.717, 1.165) is 5.56 Å². The number of carboxylic acid groups (broad SMARTS) is 1. The van der Waals surface area contributed by atoms with Crippen molar-refractivity contribution in [2.24, 2.45) is 0 Å². The van der Waals surface area contributed by atoms with Crippen molar-refractivity contribution in [1.82, 2.24) is 15.6 Å². The minimum atomic E-state index is -1.11. The molecule has 8 nitrogen and oxygen atoms in total. The predicted molar refractivity (Wildman–Crippen MR) is 116 cm³/mol. The minimum absolute atomic E-state index is 0.125. The molecular formula is C22H26ClN3O5. The quantitative estimate of drug-likeness (QED) is 0.339. The Balaban J connectivity index is 1.57. The lowest BCUT2D eigenvalue weighted by molar-refractivity contribution is -0.141. The molecule has 166 valence electrons. The zero-order valence-electron chi connectivity index (χ0n) is 17.1. The summed E-state index contributed by atoms with van der Waals surface area (Å²) in [5, 5.41) is 14.8. The van der Waals surface area contributed by atoms with Gasteiger partial charge in [0.2, 0.25) is 5.91 Å². The van der Waals surface area contributed by atoms with Crippen molar-refractivity contribution < 1.29 is 24.2 Å². The number of rotatable bonds is 12. The van der Waals surface area contributed by atoms with Gasteiger partial charge in [0.25, 0.3) is 0 Å². The number of aliphatic carboxylic acids is 1. The first-order valence-electron chi connectivity index (χ1n) is 10.0. The monoisotopic (exact) mass is 447 g/mol. The van der Waals surface area contributed by atoms with Crippen LogP contribution in [0.15, 0.2) is 48.7 Å². The van der Waals surface area contributed by atoms with Crippen molar-refractivity contribution in [3.05, 3.63) is 64.9 Å². The maximum Gasteiger partial charge on any atom is 0.407 e. The molecule has 1 heterocycles. The summed E-state index contributed by atoms with van der Waals surface area (Å²) in [4.78, 5) is 39.0. The van der Waals surface area contributed by atoms with Gasteiger partial charge in [0.05, 0.1) is 0 Å². The van der Waals surface area contributed by atoms with E-state index in [0.29, 0.717) is 36.5 Å². The van der Waals surface area contributed by atoms with Crippen molar-refractivity contribution in [3.8, 4) is 0 Å². The molecule has 0 bridgehead atoms. The average molecular weight is 448 g/mol. The second-order valence-electron chi connectivity index (χ2n) is 6.95. The van der Waals surface area contributed by atoms with Gasteiger partial charge < -0.3 is 20.5 Å². The third-order valence-electron chi connectivity index (χ3n) is 4.42. The Kier molecular flexibility index (Phi) is 10.3. The van der Waals surface area contributed by atoms with Crippen LogP contribution in [0.2, 0.25) is 5.15 Å². The van der Waals surface area contributed by atoms with E-state index in [4.69, 9.17) is 16.3 Å². The third-order valence-corrected chi connectivity index (χ3v) is 4.65. The van der Waals surface area contributed by atoms with Gasteiger partial charge in [-0.05, 0) is 30.0 Å². The Labute approximate surface area is 186 Å². The van der Waals surface area contributed by atoms with Gasteiger partial charge in [-0.2, -0.15) is 0 Å². The normalized spacial score (nSPS) is 11.4. The molecule has 2 amide bonds. The molecule has 0 saturated carbocycles. The molecule has 31 heavy (non-hydrogen) atoms. The van der Waals surface area contributed by atoms with Crippen LogP contribution in [-0.4, -0.2) is 40.6 Å². The van der Waals surface area contributed by atoms with Crippen LogP contribution in [-0.2, 0) is 27.4 Å². The number of alkyl carbamates (subject to hydrolysis) is 1. The second-order valence-corrected chi connectivity index (χ2v) is 7.34. The number of nitrogens with zero attached hydrogens (tertiary/aromatic N) is 1. The van der Waals surface area contributed by atoms with Crippen LogP contribution >= 0.6 is 11.6 Å². The first-order valence-corrected chi connectivity index (χ1v) is 10.4. The van der Waals surface area contributed by atoms with E-state index in [2.05, 4.69) is 15.6 Å². The van der Waals surface area contributed by atoms with Crippen molar-refractivity contribution >= 4 is 29.6 Å². The lowest BCUT2D eigenvalue weighted by Crippen LogP contribution is -2.42. The van der Waals surface area contributed by atoms with E-state index in [1.165, 1.54) is 6.20 Å². The topological polar surface area (TPSA) is 118 Å². The zero-order valence-corrected chi connectivity index (χ0v) is 17.8. The molecule has 0 aliphatic carbocycles. The van der Waals surface area contributed by atoms with Gasteiger partial charge >= 0.3 is 12.1 Å². The number of benzene rings is 1. The van der Waals surface area contributed by atoms with Crippen LogP contribution in [0.1, 0.15) is 36.8 Å². The standard InChI is InChI=1S/C22H26ClN3O5/c23-19-11-10-17(14-25-19)13-18(21(28)29)26-20(27)9-5-2-6-12-24-22(30)31-15-16-7-3-1-4-8-16/h1,3-4,7-8,10-11,14,18H,2,5-6,9,12-13,15H2,(H,24,30)(H,26,27)(H,28,29)/t18-/m0/s1. The maximum atomic E-state index is 12.1. The Hall–Kier alpha value is -3.13. The van der Waals surface area contributed by atoms with Gasteiger partial charge in [-0.15, -0.1) is 0 Å². The number of ether oxygens (including phenoxy) is 1. The molecule has 0 aliphatic heterocycles. The van der Waals surface area contributed by atoms with Crippen LogP contribution in [0, 0.1) is 0 Å². The van der Waals surface area contributed by atoms with Crippen molar-refractivity contribution in [3.63, 3.8) is 0 Å². The number of amides is 2. The number of aromatic nitrogens is 1. The fourth-order valence-electron chi connectivity index (χ4n) is 2.78. The third kappa shape index (κ3) is 9.95. The molecule has 1 atom stereocenters. The molecule has 1 aromatic carbocycles.